The topological polar surface area (TPSA) is 107 Å². The zero-order valence-corrected chi connectivity index (χ0v) is 15.4. The molecular weight excluding hydrogens is 319 g/mol. The summed E-state index contributed by atoms with van der Waals surface area (Å²) >= 11 is 0. The molecule has 2 atom stereocenters. The third-order valence-electron chi connectivity index (χ3n) is 3.65. The van der Waals surface area contributed by atoms with Gasteiger partial charge in [-0.15, -0.1) is 0 Å². The maximum Gasteiger partial charge on any atom is 1.00 e. The molecular formula is C13H17N2NaO5S. The van der Waals surface area contributed by atoms with E-state index in [0.29, 0.717) is 5.69 Å². The fourth-order valence-electron chi connectivity index (χ4n) is 2.34. The van der Waals surface area contributed by atoms with E-state index in [1.165, 1.54) is 6.92 Å². The zero-order chi connectivity index (χ0) is 15.8. The molecule has 0 aromatic heterocycles. The molecule has 0 fully saturated rings. The summed E-state index contributed by atoms with van der Waals surface area (Å²) in [5.74, 6) is -1.84. The van der Waals surface area contributed by atoms with E-state index in [1.807, 2.05) is 0 Å². The van der Waals surface area contributed by atoms with Gasteiger partial charge in [0.15, 0.2) is 0 Å². The van der Waals surface area contributed by atoms with Crippen LogP contribution in [0.2, 0.25) is 0 Å². The zero-order valence-electron chi connectivity index (χ0n) is 13.6. The van der Waals surface area contributed by atoms with Crippen molar-refractivity contribution in [2.24, 2.45) is 11.0 Å². The molecule has 9 heteroatoms. The van der Waals surface area contributed by atoms with E-state index in [9.17, 15) is 22.9 Å². The largest absolute Gasteiger partial charge is 1.00 e. The van der Waals surface area contributed by atoms with Crippen molar-refractivity contribution in [3.63, 3.8) is 0 Å². The first-order valence-corrected chi connectivity index (χ1v) is 7.68. The normalized spacial score (nSPS) is 21.1. The van der Waals surface area contributed by atoms with Gasteiger partial charge in [0.1, 0.15) is 10.7 Å². The van der Waals surface area contributed by atoms with Crippen molar-refractivity contribution < 1.29 is 53.9 Å². The number of rotatable bonds is 4. The smallest absolute Gasteiger partial charge is 1.00 e. The van der Waals surface area contributed by atoms with Crippen molar-refractivity contribution in [3.05, 3.63) is 30.3 Å². The van der Waals surface area contributed by atoms with Crippen LogP contribution in [0.25, 0.3) is 0 Å². The number of carbonyl (C=O) groups excluding carboxylic acids is 1. The van der Waals surface area contributed by atoms with E-state index >= 15 is 0 Å². The Labute approximate surface area is 152 Å². The molecule has 2 rings (SSSR count). The summed E-state index contributed by atoms with van der Waals surface area (Å²) in [6, 6.07) is 8.51. The minimum absolute atomic E-state index is 0. The van der Waals surface area contributed by atoms with E-state index in [4.69, 9.17) is 0 Å². The van der Waals surface area contributed by atoms with Crippen LogP contribution in [0.15, 0.2) is 35.4 Å². The summed E-state index contributed by atoms with van der Waals surface area (Å²) in [5.41, 5.74) is 0.706. The molecule has 1 amide bonds. The number of hydrazone groups is 1. The summed E-state index contributed by atoms with van der Waals surface area (Å²) < 4.78 is 30.5. The van der Waals surface area contributed by atoms with Gasteiger partial charge in [-0.25, -0.2) is 5.01 Å². The maximum atomic E-state index is 12.5. The molecule has 0 saturated heterocycles. The van der Waals surface area contributed by atoms with Crippen LogP contribution in [-0.4, -0.2) is 41.0 Å². The van der Waals surface area contributed by atoms with E-state index in [-0.39, 0.29) is 36.7 Å². The van der Waals surface area contributed by atoms with Crippen molar-refractivity contribution in [3.8, 4) is 0 Å². The average Bonchev–Trinajstić information content (AvgIpc) is 2.73. The average molecular weight is 336 g/mol. The predicted molar refractivity (Wildman–Crippen MR) is 78.7 cm³/mol. The molecule has 1 aliphatic heterocycles. The third kappa shape index (κ3) is 3.12. The van der Waals surface area contributed by atoms with Crippen LogP contribution in [0.1, 0.15) is 15.3 Å². The number of aliphatic hydroxyl groups excluding tert-OH is 1. The summed E-state index contributed by atoms with van der Waals surface area (Å²) in [6.07, 6.45) is 0. The first kappa shape index (κ1) is 19.3. The Kier molecular flexibility index (Phi) is 5.94. The molecule has 0 bridgehead atoms. The number of hydrogen-bond donors (Lipinski definition) is 2. The molecule has 7 nitrogen and oxygen atoms in total. The number of benzene rings is 1. The van der Waals surface area contributed by atoms with Crippen molar-refractivity contribution in [2.75, 3.05) is 11.6 Å². The molecule has 116 valence electrons. The minimum atomic E-state index is -4.65. The van der Waals surface area contributed by atoms with E-state index in [1.54, 1.807) is 30.3 Å². The Morgan fingerprint density at radius 2 is 1.91 bits per heavy atom. The fraction of sp³-hybridized carbons (Fsp3) is 0.385. The molecule has 22 heavy (non-hydrogen) atoms. The van der Waals surface area contributed by atoms with E-state index < -0.39 is 33.3 Å². The summed E-state index contributed by atoms with van der Waals surface area (Å²) in [7, 11) is -4.65. The number of aliphatic hydroxyl groups is 1. The summed E-state index contributed by atoms with van der Waals surface area (Å²) in [5, 5.41) is 14.6. The van der Waals surface area contributed by atoms with Crippen LogP contribution in [0, 0.1) is 5.92 Å². The first-order valence-electron chi connectivity index (χ1n) is 6.24. The molecule has 0 aliphatic carbocycles. The Morgan fingerprint density at radius 3 is 2.36 bits per heavy atom. The number of hydrogen-bond acceptors (Lipinski definition) is 5. The second-order valence-electron chi connectivity index (χ2n) is 5.11. The Morgan fingerprint density at radius 1 is 1.36 bits per heavy atom. The van der Waals surface area contributed by atoms with Gasteiger partial charge in [0.25, 0.3) is 16.0 Å². The van der Waals surface area contributed by atoms with Gasteiger partial charge in [0.2, 0.25) is 0 Å². The second kappa shape index (κ2) is 6.77. The molecule has 0 radical (unpaired) electrons. The van der Waals surface area contributed by atoms with E-state index in [0.717, 1.165) is 11.9 Å². The molecule has 2 N–H and O–H groups in total. The number of para-hydroxylation sites is 1. The Balaban J connectivity index is 0.00000242. The molecule has 1 aliphatic rings. The molecule has 0 saturated carbocycles. The number of carbonyl (C=O) groups is 1. The van der Waals surface area contributed by atoms with Crippen molar-refractivity contribution in [1.29, 1.82) is 0 Å². The van der Waals surface area contributed by atoms with Crippen LogP contribution >= 0.6 is 0 Å². The van der Waals surface area contributed by atoms with Crippen LogP contribution in [-0.2, 0) is 14.9 Å². The minimum Gasteiger partial charge on any atom is -1.00 e. The van der Waals surface area contributed by atoms with Gasteiger partial charge in [-0.05, 0) is 26.0 Å². The molecule has 1 aromatic rings. The standard InChI is InChI=1S/C13H16N2O5S.Na.H/c1-9-11(13(2,8-16)21(18,19)20)12(17)15(14-9)10-6-4-3-5-7-10;;/h3-7,11,16H,8H2,1-2H3,(H,18,19,20);;/q;+1;-1. The van der Waals surface area contributed by atoms with Gasteiger partial charge in [-0.3, -0.25) is 9.35 Å². The number of nitrogens with zero attached hydrogens (tertiary/aromatic N) is 2. The molecule has 1 heterocycles. The van der Waals surface area contributed by atoms with Gasteiger partial charge >= 0.3 is 29.6 Å². The molecule has 1 aromatic carbocycles. The predicted octanol–water partition coefficient (Wildman–Crippen LogP) is -2.22. The van der Waals surface area contributed by atoms with Gasteiger partial charge < -0.3 is 6.53 Å². The quantitative estimate of drug-likeness (QED) is 0.478. The SMILES string of the molecule is CC1=NN(c2ccccc2)C(=O)C1C(C)(CO)S(=O)(=O)O.[H-].[Na+]. The van der Waals surface area contributed by atoms with Gasteiger partial charge in [-0.2, -0.15) is 13.5 Å². The monoisotopic (exact) mass is 336 g/mol. The van der Waals surface area contributed by atoms with Crippen molar-refractivity contribution in [2.45, 2.75) is 18.6 Å². The molecule has 2 unspecified atom stereocenters. The van der Waals surface area contributed by atoms with Gasteiger partial charge in [0, 0.05) is 0 Å². The fourth-order valence-corrected chi connectivity index (χ4v) is 3.08. The molecule has 0 spiro atoms. The Hall–Kier alpha value is -0.770. The van der Waals surface area contributed by atoms with Crippen LogP contribution in [0.4, 0.5) is 5.69 Å². The number of anilines is 1. The second-order valence-corrected chi connectivity index (χ2v) is 6.99. The van der Waals surface area contributed by atoms with Crippen molar-refractivity contribution in [1.82, 2.24) is 0 Å². The van der Waals surface area contributed by atoms with Gasteiger partial charge in [0.05, 0.1) is 18.0 Å². The van der Waals surface area contributed by atoms with Crippen LogP contribution < -0.4 is 34.6 Å². The number of amides is 1. The van der Waals surface area contributed by atoms with Crippen LogP contribution in [0.3, 0.4) is 0 Å². The summed E-state index contributed by atoms with van der Waals surface area (Å²) in [4.78, 5) is 12.5. The first-order chi connectivity index (χ1) is 9.72. The van der Waals surface area contributed by atoms with Gasteiger partial charge in [-0.1, -0.05) is 18.2 Å². The van der Waals surface area contributed by atoms with Crippen molar-refractivity contribution >= 4 is 27.4 Å². The third-order valence-corrected chi connectivity index (χ3v) is 5.19. The Bertz CT molecular complexity index is 698. The summed E-state index contributed by atoms with van der Waals surface area (Å²) in [6.45, 7) is 1.72. The van der Waals surface area contributed by atoms with E-state index in [2.05, 4.69) is 5.10 Å². The maximum absolute atomic E-state index is 12.5. The van der Waals surface area contributed by atoms with Crippen LogP contribution in [0.5, 0.6) is 0 Å².